The molecule has 5 heteroatoms. The largest absolute Gasteiger partial charge is 0.295 e. The summed E-state index contributed by atoms with van der Waals surface area (Å²) in [6.45, 7) is 10.3. The molecule has 0 unspecified atom stereocenters. The lowest BCUT2D eigenvalue weighted by atomic mass is 10.1. The molecule has 4 nitrogen and oxygen atoms in total. The third kappa shape index (κ3) is 2.22. The van der Waals surface area contributed by atoms with E-state index in [1.54, 1.807) is 0 Å². The van der Waals surface area contributed by atoms with Gasteiger partial charge in [0, 0.05) is 22.5 Å². The van der Waals surface area contributed by atoms with Gasteiger partial charge in [-0.3, -0.25) is 14.6 Å². The van der Waals surface area contributed by atoms with Gasteiger partial charge >= 0.3 is 0 Å². The normalized spacial score (nSPS) is 11.8. The quantitative estimate of drug-likeness (QED) is 0.801. The Morgan fingerprint density at radius 1 is 1.22 bits per heavy atom. The zero-order valence-electron chi connectivity index (χ0n) is 11.4. The van der Waals surface area contributed by atoms with Gasteiger partial charge in [-0.05, 0) is 59.0 Å². The Balaban J connectivity index is 2.69. The third-order valence-corrected chi connectivity index (χ3v) is 3.08. The summed E-state index contributed by atoms with van der Waals surface area (Å²) in [5.41, 5.74) is 2.88. The molecule has 0 fully saturated rings. The maximum absolute atomic E-state index is 5.31. The molecule has 0 spiro atoms. The number of hydrogen-bond donors (Lipinski definition) is 1. The summed E-state index contributed by atoms with van der Waals surface area (Å²) in [4.78, 5) is 4.48. The van der Waals surface area contributed by atoms with Crippen LogP contribution in [0.25, 0.3) is 11.4 Å². The maximum Gasteiger partial charge on any atom is 0.195 e. The highest BCUT2D eigenvalue weighted by Crippen LogP contribution is 2.26. The summed E-state index contributed by atoms with van der Waals surface area (Å²) in [5, 5.41) is 7.22. The molecule has 1 N–H and O–H groups in total. The molecule has 0 aliphatic heterocycles. The molecule has 0 saturated heterocycles. The molecule has 0 saturated carbocycles. The van der Waals surface area contributed by atoms with Gasteiger partial charge in [0.25, 0.3) is 0 Å². The van der Waals surface area contributed by atoms with Gasteiger partial charge in [0.2, 0.25) is 0 Å². The summed E-state index contributed by atoms with van der Waals surface area (Å²) < 4.78 is 2.67. The molecule has 0 atom stereocenters. The maximum atomic E-state index is 5.31. The van der Waals surface area contributed by atoms with Crippen molar-refractivity contribution in [2.45, 2.75) is 40.2 Å². The van der Waals surface area contributed by atoms with E-state index in [-0.39, 0.29) is 5.54 Å². The Kier molecular flexibility index (Phi) is 3.11. The summed E-state index contributed by atoms with van der Waals surface area (Å²) in [7, 11) is 0. The smallest absolute Gasteiger partial charge is 0.195 e. The van der Waals surface area contributed by atoms with E-state index in [1.165, 1.54) is 0 Å². The second kappa shape index (κ2) is 4.31. The van der Waals surface area contributed by atoms with Crippen LogP contribution in [0.1, 0.15) is 32.2 Å². The van der Waals surface area contributed by atoms with Crippen LogP contribution < -0.4 is 0 Å². The first kappa shape index (κ1) is 13.0. The fourth-order valence-corrected chi connectivity index (χ4v) is 2.43. The van der Waals surface area contributed by atoms with Crippen molar-refractivity contribution >= 4 is 12.2 Å². The molecule has 2 aromatic rings. The van der Waals surface area contributed by atoms with Crippen LogP contribution in [-0.2, 0) is 5.54 Å². The van der Waals surface area contributed by atoms with Crippen molar-refractivity contribution in [3.05, 3.63) is 28.3 Å². The molecule has 0 bridgehead atoms. The average molecular weight is 262 g/mol. The predicted octanol–water partition coefficient (Wildman–Crippen LogP) is 3.37. The number of H-pyrrole nitrogens is 1. The highest BCUT2D eigenvalue weighted by molar-refractivity contribution is 7.71. The Morgan fingerprint density at radius 3 is 2.44 bits per heavy atom. The molecule has 0 aromatic carbocycles. The molecular weight excluding hydrogens is 244 g/mol. The number of aromatic amines is 1. The van der Waals surface area contributed by atoms with Crippen LogP contribution in [0.4, 0.5) is 0 Å². The Bertz CT molecular complexity index is 631. The van der Waals surface area contributed by atoms with Crippen LogP contribution >= 0.6 is 12.2 Å². The van der Waals surface area contributed by atoms with Crippen LogP contribution in [0, 0.1) is 18.6 Å². The van der Waals surface area contributed by atoms with Gasteiger partial charge in [0.15, 0.2) is 10.6 Å². The number of nitrogens with one attached hydrogen (secondary N) is 1. The minimum atomic E-state index is -0.114. The van der Waals surface area contributed by atoms with Crippen LogP contribution in [0.3, 0.4) is 0 Å². The van der Waals surface area contributed by atoms with E-state index in [0.29, 0.717) is 4.77 Å². The standard InChI is InChI=1S/C13H18N4S/c1-8-6-7-10(9(2)14-8)11-15-16-12(18)17(11)13(3,4)5/h6-7H,1-5H3,(H,16,18). The number of aromatic nitrogens is 4. The van der Waals surface area contributed by atoms with Crippen molar-refractivity contribution in [2.24, 2.45) is 0 Å². The first-order chi connectivity index (χ1) is 8.30. The molecule has 96 valence electrons. The van der Waals surface area contributed by atoms with E-state index in [1.807, 2.05) is 30.5 Å². The van der Waals surface area contributed by atoms with E-state index in [2.05, 4.69) is 36.0 Å². The lowest BCUT2D eigenvalue weighted by molar-refractivity contribution is 0.395. The van der Waals surface area contributed by atoms with E-state index < -0.39 is 0 Å². The number of nitrogens with zero attached hydrogens (tertiary/aromatic N) is 3. The third-order valence-electron chi connectivity index (χ3n) is 2.81. The van der Waals surface area contributed by atoms with Gasteiger partial charge in [-0.25, -0.2) is 0 Å². The fourth-order valence-electron chi connectivity index (χ4n) is 2.02. The Labute approximate surface area is 112 Å². The van der Waals surface area contributed by atoms with E-state index in [4.69, 9.17) is 12.2 Å². The van der Waals surface area contributed by atoms with Crippen molar-refractivity contribution in [2.75, 3.05) is 0 Å². The molecular formula is C13H18N4S. The van der Waals surface area contributed by atoms with Crippen LogP contribution in [-0.4, -0.2) is 19.7 Å². The van der Waals surface area contributed by atoms with E-state index in [9.17, 15) is 0 Å². The van der Waals surface area contributed by atoms with Crippen molar-refractivity contribution in [3.63, 3.8) is 0 Å². The van der Waals surface area contributed by atoms with Gasteiger partial charge in [-0.2, -0.15) is 5.10 Å². The minimum absolute atomic E-state index is 0.114. The number of aryl methyl sites for hydroxylation is 2. The summed E-state index contributed by atoms with van der Waals surface area (Å²) in [6.07, 6.45) is 0. The zero-order chi connectivity index (χ0) is 13.5. The van der Waals surface area contributed by atoms with Gasteiger partial charge < -0.3 is 0 Å². The first-order valence-electron chi connectivity index (χ1n) is 5.93. The number of hydrogen-bond acceptors (Lipinski definition) is 3. The molecule has 2 heterocycles. The summed E-state index contributed by atoms with van der Waals surface area (Å²) >= 11 is 5.31. The van der Waals surface area contributed by atoms with Gasteiger partial charge in [-0.1, -0.05) is 0 Å². The van der Waals surface area contributed by atoms with E-state index in [0.717, 1.165) is 22.8 Å². The van der Waals surface area contributed by atoms with Gasteiger partial charge in [0.05, 0.1) is 0 Å². The topological polar surface area (TPSA) is 46.5 Å². The molecule has 0 amide bonds. The molecule has 0 aliphatic carbocycles. The van der Waals surface area contributed by atoms with Crippen molar-refractivity contribution in [1.82, 2.24) is 19.7 Å². The number of pyridine rings is 1. The molecule has 2 rings (SSSR count). The Hall–Kier alpha value is -1.49. The molecule has 18 heavy (non-hydrogen) atoms. The second-order valence-electron chi connectivity index (χ2n) is 5.44. The lowest BCUT2D eigenvalue weighted by Gasteiger charge is -2.22. The van der Waals surface area contributed by atoms with Gasteiger partial charge in [-0.15, -0.1) is 0 Å². The SMILES string of the molecule is Cc1ccc(-c2n[nH]c(=S)n2C(C)(C)C)c(C)n1. The zero-order valence-corrected chi connectivity index (χ0v) is 12.2. The van der Waals surface area contributed by atoms with Gasteiger partial charge in [0.1, 0.15) is 0 Å². The summed E-state index contributed by atoms with van der Waals surface area (Å²) in [5.74, 6) is 0.845. The highest BCUT2D eigenvalue weighted by atomic mass is 32.1. The number of rotatable bonds is 1. The Morgan fingerprint density at radius 2 is 1.89 bits per heavy atom. The second-order valence-corrected chi connectivity index (χ2v) is 5.83. The van der Waals surface area contributed by atoms with Crippen LogP contribution in [0.2, 0.25) is 0 Å². The molecule has 0 radical (unpaired) electrons. The van der Waals surface area contributed by atoms with Crippen molar-refractivity contribution in [1.29, 1.82) is 0 Å². The van der Waals surface area contributed by atoms with Crippen LogP contribution in [0.15, 0.2) is 12.1 Å². The molecule has 0 aliphatic rings. The van der Waals surface area contributed by atoms with E-state index >= 15 is 0 Å². The fraction of sp³-hybridized carbons (Fsp3) is 0.462. The van der Waals surface area contributed by atoms with Crippen molar-refractivity contribution in [3.8, 4) is 11.4 Å². The summed E-state index contributed by atoms with van der Waals surface area (Å²) in [6, 6.07) is 4.04. The predicted molar refractivity (Wildman–Crippen MR) is 75.1 cm³/mol. The molecule has 2 aromatic heterocycles. The minimum Gasteiger partial charge on any atom is -0.295 e. The average Bonchev–Trinajstić information content (AvgIpc) is 2.59. The van der Waals surface area contributed by atoms with Crippen molar-refractivity contribution < 1.29 is 0 Å². The van der Waals surface area contributed by atoms with Crippen LogP contribution in [0.5, 0.6) is 0 Å². The monoisotopic (exact) mass is 262 g/mol. The highest BCUT2D eigenvalue weighted by Gasteiger charge is 2.21. The first-order valence-corrected chi connectivity index (χ1v) is 6.34. The lowest BCUT2D eigenvalue weighted by Crippen LogP contribution is -2.23.